The number of nitrogens with one attached hydrogen (secondary N) is 1. The summed E-state index contributed by atoms with van der Waals surface area (Å²) in [5.74, 6) is 0. The number of hydrogen-bond donors (Lipinski definition) is 2. The third kappa shape index (κ3) is 2.66. The second-order valence-corrected chi connectivity index (χ2v) is 2.38. The summed E-state index contributed by atoms with van der Waals surface area (Å²) in [6.07, 6.45) is 0. The molecule has 2 N–H and O–H groups in total. The Balaban J connectivity index is 2.48. The molecule has 3 nitrogen and oxygen atoms in total. The Hall–Kier alpha value is -0.835. The van der Waals surface area contributed by atoms with E-state index in [-0.39, 0.29) is 0 Å². The van der Waals surface area contributed by atoms with Gasteiger partial charge < -0.3 is 9.78 Å². The van der Waals surface area contributed by atoms with Gasteiger partial charge in [0.15, 0.2) is 0 Å². The van der Waals surface area contributed by atoms with E-state index in [4.69, 9.17) is 4.76 Å². The molecule has 0 spiro atoms. The Labute approximate surface area is 72.5 Å². The second-order valence-electron chi connectivity index (χ2n) is 2.38. The van der Waals surface area contributed by atoms with Crippen LogP contribution in [0.3, 0.4) is 0 Å². The van der Waals surface area contributed by atoms with Gasteiger partial charge in [-0.25, -0.2) is 5.48 Å². The van der Waals surface area contributed by atoms with Crippen molar-refractivity contribution in [2.75, 3.05) is 6.54 Å². The number of rotatable bonds is 4. The van der Waals surface area contributed by atoms with Gasteiger partial charge in [0.2, 0.25) is 0 Å². The van der Waals surface area contributed by atoms with Crippen molar-refractivity contribution in [1.82, 2.24) is 5.48 Å². The fourth-order valence-corrected chi connectivity index (χ4v) is 0.848. The van der Waals surface area contributed by atoms with Crippen molar-refractivity contribution in [3.05, 3.63) is 30.3 Å². The van der Waals surface area contributed by atoms with Crippen molar-refractivity contribution >= 4 is 12.6 Å². The van der Waals surface area contributed by atoms with Gasteiger partial charge in [0, 0.05) is 6.54 Å². The Morgan fingerprint density at radius 1 is 1.42 bits per heavy atom. The first-order valence-corrected chi connectivity index (χ1v) is 3.96. The normalized spacial score (nSPS) is 9.83. The van der Waals surface area contributed by atoms with Crippen molar-refractivity contribution in [3.8, 4) is 0 Å². The molecule has 0 fully saturated rings. The van der Waals surface area contributed by atoms with Crippen molar-refractivity contribution in [1.29, 1.82) is 0 Å². The van der Waals surface area contributed by atoms with Crippen LogP contribution in [0.2, 0.25) is 0 Å². The van der Waals surface area contributed by atoms with E-state index in [2.05, 4.69) is 5.48 Å². The Morgan fingerprint density at radius 3 is 2.67 bits per heavy atom. The maximum absolute atomic E-state index is 9.37. The quantitative estimate of drug-likeness (QED) is 0.484. The molecule has 0 aliphatic heterocycles. The van der Waals surface area contributed by atoms with Crippen LogP contribution in [-0.2, 0) is 4.76 Å². The molecule has 0 saturated carbocycles. The molecule has 0 unspecified atom stereocenters. The van der Waals surface area contributed by atoms with Gasteiger partial charge in [-0.1, -0.05) is 37.3 Å². The van der Waals surface area contributed by atoms with Crippen LogP contribution in [0.1, 0.15) is 6.92 Å². The third-order valence-electron chi connectivity index (χ3n) is 1.42. The highest BCUT2D eigenvalue weighted by Gasteiger charge is 2.14. The highest BCUT2D eigenvalue weighted by atomic mass is 16.7. The molecule has 0 saturated heterocycles. The second kappa shape index (κ2) is 4.93. The van der Waals surface area contributed by atoms with Crippen LogP contribution in [0.25, 0.3) is 0 Å². The summed E-state index contributed by atoms with van der Waals surface area (Å²) >= 11 is 0. The summed E-state index contributed by atoms with van der Waals surface area (Å²) in [4.78, 5) is 0. The first-order valence-electron chi connectivity index (χ1n) is 3.96. The molecule has 64 valence electrons. The summed E-state index contributed by atoms with van der Waals surface area (Å²) in [7, 11) is -0.883. The van der Waals surface area contributed by atoms with Crippen molar-refractivity contribution < 1.29 is 9.78 Å². The molecule has 0 aliphatic rings. The fourth-order valence-electron chi connectivity index (χ4n) is 0.848. The Kier molecular flexibility index (Phi) is 3.80. The average Bonchev–Trinajstić information content (AvgIpc) is 2.15. The molecule has 0 aliphatic carbocycles. The summed E-state index contributed by atoms with van der Waals surface area (Å²) in [5, 5.41) is 9.37. The number of benzene rings is 1. The number of hydrogen-bond acceptors (Lipinski definition) is 3. The van der Waals surface area contributed by atoms with Crippen LogP contribution in [0.15, 0.2) is 30.3 Å². The lowest BCUT2D eigenvalue weighted by molar-refractivity contribution is 0.170. The summed E-state index contributed by atoms with van der Waals surface area (Å²) in [6, 6.07) is 9.22. The van der Waals surface area contributed by atoms with Gasteiger partial charge >= 0.3 is 7.12 Å². The topological polar surface area (TPSA) is 41.5 Å². The lowest BCUT2D eigenvalue weighted by Crippen LogP contribution is -2.38. The van der Waals surface area contributed by atoms with E-state index in [9.17, 15) is 5.02 Å². The van der Waals surface area contributed by atoms with E-state index in [0.29, 0.717) is 6.54 Å². The van der Waals surface area contributed by atoms with Gasteiger partial charge in [-0.05, 0) is 5.46 Å². The van der Waals surface area contributed by atoms with E-state index < -0.39 is 7.12 Å². The lowest BCUT2D eigenvalue weighted by atomic mass is 9.80. The van der Waals surface area contributed by atoms with Crippen LogP contribution in [-0.4, -0.2) is 18.7 Å². The minimum absolute atomic E-state index is 0.671. The highest BCUT2D eigenvalue weighted by molar-refractivity contribution is 6.59. The van der Waals surface area contributed by atoms with E-state index >= 15 is 0 Å². The van der Waals surface area contributed by atoms with Gasteiger partial charge in [-0.3, -0.25) is 0 Å². The zero-order valence-electron chi connectivity index (χ0n) is 7.03. The zero-order chi connectivity index (χ0) is 8.81. The number of hydroxylamine groups is 1. The predicted octanol–water partition coefficient (Wildman–Crippen LogP) is -0.0848. The molecule has 1 aromatic rings. The summed E-state index contributed by atoms with van der Waals surface area (Å²) in [5.41, 5.74) is 3.35. The maximum atomic E-state index is 9.37. The van der Waals surface area contributed by atoms with Gasteiger partial charge in [0.05, 0.1) is 0 Å². The van der Waals surface area contributed by atoms with E-state index in [1.165, 1.54) is 0 Å². The van der Waals surface area contributed by atoms with Crippen LogP contribution in [0, 0.1) is 0 Å². The highest BCUT2D eigenvalue weighted by Crippen LogP contribution is 1.85. The van der Waals surface area contributed by atoms with E-state index in [1.807, 2.05) is 37.3 Å². The van der Waals surface area contributed by atoms with Gasteiger partial charge in [-0.2, -0.15) is 0 Å². The molecule has 0 bridgehead atoms. The first kappa shape index (κ1) is 9.25. The van der Waals surface area contributed by atoms with Crippen molar-refractivity contribution in [2.24, 2.45) is 0 Å². The molecule has 0 heterocycles. The Bertz CT molecular complexity index is 218. The molecule has 0 amide bonds. The largest absolute Gasteiger partial charge is 0.508 e. The standard InChI is InChI=1S/C8H12BNO2/c1-2-10-12-9(11)8-6-4-3-5-7-8/h3-7,10-11H,2H2,1H3. The minimum atomic E-state index is -0.883. The minimum Gasteiger partial charge on any atom is -0.422 e. The molecular weight excluding hydrogens is 153 g/mol. The van der Waals surface area contributed by atoms with E-state index in [1.54, 1.807) is 0 Å². The summed E-state index contributed by atoms with van der Waals surface area (Å²) < 4.78 is 4.88. The molecular formula is C8H12BNO2. The van der Waals surface area contributed by atoms with Crippen LogP contribution in [0.4, 0.5) is 0 Å². The average molecular weight is 165 g/mol. The SMILES string of the molecule is CCNOB(O)c1ccccc1. The fraction of sp³-hybridized carbons (Fsp3) is 0.250. The molecule has 4 heteroatoms. The zero-order valence-corrected chi connectivity index (χ0v) is 7.03. The molecule has 0 aromatic heterocycles. The predicted molar refractivity (Wildman–Crippen MR) is 48.8 cm³/mol. The van der Waals surface area contributed by atoms with Gasteiger partial charge in [0.1, 0.15) is 0 Å². The lowest BCUT2D eigenvalue weighted by Gasteiger charge is -2.06. The Morgan fingerprint density at radius 2 is 2.08 bits per heavy atom. The van der Waals surface area contributed by atoms with Gasteiger partial charge in [-0.15, -0.1) is 0 Å². The third-order valence-corrected chi connectivity index (χ3v) is 1.42. The van der Waals surface area contributed by atoms with Crippen molar-refractivity contribution in [3.63, 3.8) is 0 Å². The van der Waals surface area contributed by atoms with E-state index in [0.717, 1.165) is 5.46 Å². The first-order chi connectivity index (χ1) is 5.84. The molecule has 0 radical (unpaired) electrons. The molecule has 12 heavy (non-hydrogen) atoms. The summed E-state index contributed by atoms with van der Waals surface area (Å²) in [6.45, 7) is 2.57. The van der Waals surface area contributed by atoms with Crippen LogP contribution >= 0.6 is 0 Å². The van der Waals surface area contributed by atoms with Crippen LogP contribution in [0.5, 0.6) is 0 Å². The molecule has 1 rings (SSSR count). The van der Waals surface area contributed by atoms with Gasteiger partial charge in [0.25, 0.3) is 0 Å². The maximum Gasteiger partial charge on any atom is 0.508 e. The molecule has 0 atom stereocenters. The molecule has 1 aromatic carbocycles. The van der Waals surface area contributed by atoms with Crippen LogP contribution < -0.4 is 10.9 Å². The smallest absolute Gasteiger partial charge is 0.422 e. The monoisotopic (exact) mass is 165 g/mol. The van der Waals surface area contributed by atoms with Crippen molar-refractivity contribution in [2.45, 2.75) is 6.92 Å².